The van der Waals surface area contributed by atoms with Crippen molar-refractivity contribution in [2.45, 2.75) is 45.8 Å². The third-order valence-corrected chi connectivity index (χ3v) is 4.72. The van der Waals surface area contributed by atoms with E-state index in [4.69, 9.17) is 4.42 Å². The van der Waals surface area contributed by atoms with Gasteiger partial charge < -0.3 is 14.6 Å². The number of ketones is 1. The molecule has 2 N–H and O–H groups in total. The van der Waals surface area contributed by atoms with Crippen molar-refractivity contribution >= 4 is 5.78 Å². The van der Waals surface area contributed by atoms with E-state index >= 15 is 0 Å². The highest BCUT2D eigenvalue weighted by Gasteiger charge is 2.55. The minimum atomic E-state index is -0.978. The van der Waals surface area contributed by atoms with E-state index in [9.17, 15) is 15.0 Å². The van der Waals surface area contributed by atoms with E-state index in [1.165, 1.54) is 6.26 Å². The number of carbonyl (C=O) groups is 1. The van der Waals surface area contributed by atoms with Gasteiger partial charge in [0.2, 0.25) is 0 Å². The third-order valence-electron chi connectivity index (χ3n) is 4.72. The number of allylic oxidation sites excluding steroid dienone is 1. The second-order valence-corrected chi connectivity index (χ2v) is 5.88. The van der Waals surface area contributed by atoms with Crippen LogP contribution < -0.4 is 0 Å². The van der Waals surface area contributed by atoms with Gasteiger partial charge in [0.25, 0.3) is 0 Å². The highest BCUT2D eigenvalue weighted by Crippen LogP contribution is 2.54. The van der Waals surface area contributed by atoms with Crippen LogP contribution in [0, 0.1) is 12.3 Å². The number of aliphatic hydroxyl groups excluding tert-OH is 2. The number of fused-ring (bicyclic) bond motifs is 2. The number of rotatable bonds is 0. The van der Waals surface area contributed by atoms with E-state index in [0.717, 1.165) is 11.1 Å². The average molecular weight is 262 g/mol. The average Bonchev–Trinajstić information content (AvgIpc) is 2.74. The predicted molar refractivity (Wildman–Crippen MR) is 68.8 cm³/mol. The fraction of sp³-hybridized carbons (Fsp3) is 0.533. The summed E-state index contributed by atoms with van der Waals surface area (Å²) in [6, 6.07) is 0. The Labute approximate surface area is 111 Å². The van der Waals surface area contributed by atoms with Crippen molar-refractivity contribution in [2.24, 2.45) is 5.41 Å². The molecule has 0 unspecified atom stereocenters. The Hall–Kier alpha value is -1.39. The zero-order valence-corrected chi connectivity index (χ0v) is 11.4. The van der Waals surface area contributed by atoms with Crippen LogP contribution in [-0.2, 0) is 0 Å². The molecule has 0 amide bonds. The van der Waals surface area contributed by atoms with Crippen molar-refractivity contribution in [1.29, 1.82) is 0 Å². The van der Waals surface area contributed by atoms with Crippen LogP contribution in [-0.4, -0.2) is 22.1 Å². The van der Waals surface area contributed by atoms with Gasteiger partial charge >= 0.3 is 0 Å². The lowest BCUT2D eigenvalue weighted by Gasteiger charge is -2.46. The number of hydrogen-bond acceptors (Lipinski definition) is 4. The summed E-state index contributed by atoms with van der Waals surface area (Å²) >= 11 is 0. The summed E-state index contributed by atoms with van der Waals surface area (Å²) in [6.07, 6.45) is 1.04. The van der Waals surface area contributed by atoms with Crippen molar-refractivity contribution in [3.63, 3.8) is 0 Å². The second-order valence-electron chi connectivity index (χ2n) is 5.88. The van der Waals surface area contributed by atoms with Crippen LogP contribution in [0.5, 0.6) is 0 Å². The summed E-state index contributed by atoms with van der Waals surface area (Å²) in [6.45, 7) is 5.45. The SMILES string of the molecule is CC1=C2C(=O)c3c(C)coc3[C@@H](O)[C@]2(C)[C@@H](O)CC1. The van der Waals surface area contributed by atoms with Gasteiger partial charge in [0.15, 0.2) is 5.78 Å². The van der Waals surface area contributed by atoms with Crippen molar-refractivity contribution in [2.75, 3.05) is 0 Å². The van der Waals surface area contributed by atoms with Gasteiger partial charge in [-0.1, -0.05) is 5.57 Å². The Kier molecular flexibility index (Phi) is 2.53. The first-order chi connectivity index (χ1) is 8.89. The first kappa shape index (κ1) is 12.6. The summed E-state index contributed by atoms with van der Waals surface area (Å²) in [5.74, 6) is 0.188. The summed E-state index contributed by atoms with van der Waals surface area (Å²) in [7, 11) is 0. The Morgan fingerprint density at radius 1 is 1.37 bits per heavy atom. The standard InChI is InChI=1S/C15H18O4/c1-7-4-5-9(16)15(3)11(7)12(17)10-8(2)6-19-13(10)14(15)18/h6,9,14,16,18H,4-5H2,1-3H3/t9-,14+,15+/m0/s1. The molecule has 2 aliphatic rings. The molecule has 0 aromatic carbocycles. The van der Waals surface area contributed by atoms with Crippen LogP contribution in [0.4, 0.5) is 0 Å². The molecule has 1 heterocycles. The number of aliphatic hydroxyl groups is 2. The topological polar surface area (TPSA) is 70.7 Å². The second kappa shape index (κ2) is 3.81. The largest absolute Gasteiger partial charge is 0.465 e. The monoisotopic (exact) mass is 262 g/mol. The first-order valence-corrected chi connectivity index (χ1v) is 6.58. The Bertz CT molecular complexity index is 595. The number of aryl methyl sites for hydroxylation is 1. The molecular weight excluding hydrogens is 244 g/mol. The number of furan rings is 1. The van der Waals surface area contributed by atoms with E-state index in [-0.39, 0.29) is 5.78 Å². The van der Waals surface area contributed by atoms with Gasteiger partial charge in [0, 0.05) is 5.57 Å². The zero-order chi connectivity index (χ0) is 13.9. The zero-order valence-electron chi connectivity index (χ0n) is 11.4. The maximum Gasteiger partial charge on any atom is 0.193 e. The summed E-state index contributed by atoms with van der Waals surface area (Å²) in [4.78, 5) is 12.7. The quantitative estimate of drug-likeness (QED) is 0.752. The molecule has 0 spiro atoms. The van der Waals surface area contributed by atoms with Crippen LogP contribution in [0.1, 0.15) is 54.5 Å². The van der Waals surface area contributed by atoms with Crippen molar-refractivity contribution in [1.82, 2.24) is 0 Å². The molecule has 0 radical (unpaired) electrons. The molecule has 1 aromatic rings. The van der Waals surface area contributed by atoms with Crippen LogP contribution in [0.3, 0.4) is 0 Å². The van der Waals surface area contributed by atoms with Crippen LogP contribution in [0.25, 0.3) is 0 Å². The molecular formula is C15H18O4. The molecule has 4 heteroatoms. The molecule has 0 bridgehead atoms. The van der Waals surface area contributed by atoms with Crippen molar-refractivity contribution in [3.8, 4) is 0 Å². The molecule has 0 aliphatic heterocycles. The first-order valence-electron chi connectivity index (χ1n) is 6.58. The number of Topliss-reactive ketones (excluding diaryl/α,β-unsaturated/α-hetero) is 1. The van der Waals surface area contributed by atoms with E-state index in [2.05, 4.69) is 0 Å². The molecule has 0 saturated heterocycles. The van der Waals surface area contributed by atoms with Gasteiger partial charge in [-0.25, -0.2) is 0 Å². The summed E-state index contributed by atoms with van der Waals surface area (Å²) < 4.78 is 5.36. The Morgan fingerprint density at radius 2 is 2.05 bits per heavy atom. The normalized spacial score (nSPS) is 34.3. The molecule has 2 aliphatic carbocycles. The minimum absolute atomic E-state index is 0.106. The van der Waals surface area contributed by atoms with Gasteiger partial charge in [-0.2, -0.15) is 0 Å². The summed E-state index contributed by atoms with van der Waals surface area (Å²) in [5.41, 5.74) is 1.77. The van der Waals surface area contributed by atoms with Crippen molar-refractivity contribution < 1.29 is 19.4 Å². The Balaban J connectivity index is 2.32. The van der Waals surface area contributed by atoms with E-state index in [0.29, 0.717) is 29.7 Å². The van der Waals surface area contributed by atoms with Gasteiger partial charge in [-0.05, 0) is 39.2 Å². The molecule has 0 fully saturated rings. The summed E-state index contributed by atoms with van der Waals surface area (Å²) in [5, 5.41) is 20.9. The van der Waals surface area contributed by atoms with Crippen LogP contribution in [0.2, 0.25) is 0 Å². The van der Waals surface area contributed by atoms with E-state index < -0.39 is 17.6 Å². The lowest BCUT2D eigenvalue weighted by atomic mass is 9.60. The highest BCUT2D eigenvalue weighted by atomic mass is 16.4. The molecule has 0 saturated carbocycles. The number of carbonyl (C=O) groups excluding carboxylic acids is 1. The highest BCUT2D eigenvalue weighted by molar-refractivity contribution is 6.13. The molecule has 4 nitrogen and oxygen atoms in total. The predicted octanol–water partition coefficient (Wildman–Crippen LogP) is 2.30. The fourth-order valence-electron chi connectivity index (χ4n) is 3.52. The minimum Gasteiger partial charge on any atom is -0.465 e. The molecule has 1 aromatic heterocycles. The van der Waals surface area contributed by atoms with Crippen LogP contribution in [0.15, 0.2) is 21.8 Å². The van der Waals surface area contributed by atoms with Gasteiger partial charge in [0.1, 0.15) is 11.9 Å². The van der Waals surface area contributed by atoms with Gasteiger partial charge in [-0.3, -0.25) is 4.79 Å². The van der Waals surface area contributed by atoms with Gasteiger partial charge in [-0.15, -0.1) is 0 Å². The third kappa shape index (κ3) is 1.38. The lowest BCUT2D eigenvalue weighted by Crippen LogP contribution is -2.47. The maximum atomic E-state index is 12.7. The smallest absolute Gasteiger partial charge is 0.193 e. The molecule has 102 valence electrons. The molecule has 19 heavy (non-hydrogen) atoms. The maximum absolute atomic E-state index is 12.7. The fourth-order valence-corrected chi connectivity index (χ4v) is 3.52. The van der Waals surface area contributed by atoms with Crippen molar-refractivity contribution in [3.05, 3.63) is 34.3 Å². The number of hydrogen-bond donors (Lipinski definition) is 2. The Morgan fingerprint density at radius 3 is 2.74 bits per heavy atom. The van der Waals surface area contributed by atoms with Gasteiger partial charge in [0.05, 0.1) is 23.3 Å². The lowest BCUT2D eigenvalue weighted by molar-refractivity contribution is -0.0576. The van der Waals surface area contributed by atoms with E-state index in [1.54, 1.807) is 13.8 Å². The van der Waals surface area contributed by atoms with Crippen LogP contribution >= 0.6 is 0 Å². The molecule has 3 rings (SSSR count). The van der Waals surface area contributed by atoms with E-state index in [1.807, 2.05) is 6.92 Å². The molecule has 3 atom stereocenters.